The number of esters is 1. The Bertz CT molecular complexity index is 1100. The molecule has 0 aliphatic rings. The number of carbonyl (C=O) groups is 1. The van der Waals surface area contributed by atoms with Crippen LogP contribution < -0.4 is 10.2 Å². The SMILES string of the molecule is C=C(C)COc1ccc2c(=O)c(-c3ccc(Br)cc3)c(C(=O)OCC)oc2c1. The number of rotatable bonds is 6. The maximum absolute atomic E-state index is 13.2. The summed E-state index contributed by atoms with van der Waals surface area (Å²) >= 11 is 3.37. The predicted molar refractivity (Wildman–Crippen MR) is 112 cm³/mol. The highest BCUT2D eigenvalue weighted by molar-refractivity contribution is 9.10. The minimum absolute atomic E-state index is 0.126. The maximum Gasteiger partial charge on any atom is 0.375 e. The highest BCUT2D eigenvalue weighted by Crippen LogP contribution is 2.28. The largest absolute Gasteiger partial charge is 0.489 e. The van der Waals surface area contributed by atoms with Crippen molar-refractivity contribution in [3.05, 3.63) is 75.1 Å². The van der Waals surface area contributed by atoms with Crippen LogP contribution in [0.3, 0.4) is 0 Å². The van der Waals surface area contributed by atoms with Crippen molar-refractivity contribution in [3.63, 3.8) is 0 Å². The van der Waals surface area contributed by atoms with Gasteiger partial charge in [-0.15, -0.1) is 0 Å². The molecule has 1 heterocycles. The lowest BCUT2D eigenvalue weighted by Crippen LogP contribution is -2.15. The first kappa shape index (κ1) is 19.9. The van der Waals surface area contributed by atoms with Gasteiger partial charge in [-0.1, -0.05) is 34.6 Å². The third kappa shape index (κ3) is 4.17. The number of carbonyl (C=O) groups excluding carboxylic acids is 1. The highest BCUT2D eigenvalue weighted by Gasteiger charge is 2.23. The summed E-state index contributed by atoms with van der Waals surface area (Å²) in [5.74, 6) is -0.295. The molecule has 0 spiro atoms. The van der Waals surface area contributed by atoms with Crippen LogP contribution >= 0.6 is 15.9 Å². The third-order valence-corrected chi connectivity index (χ3v) is 4.47. The van der Waals surface area contributed by atoms with Gasteiger partial charge in [0.05, 0.1) is 17.6 Å². The Morgan fingerprint density at radius 1 is 1.18 bits per heavy atom. The normalized spacial score (nSPS) is 10.7. The maximum atomic E-state index is 13.2. The van der Waals surface area contributed by atoms with Crippen molar-refractivity contribution >= 4 is 32.9 Å². The average Bonchev–Trinajstić information content (AvgIpc) is 2.67. The first-order valence-corrected chi connectivity index (χ1v) is 9.51. The van der Waals surface area contributed by atoms with Crippen LogP contribution in [-0.4, -0.2) is 19.2 Å². The molecule has 2 aromatic carbocycles. The Hall–Kier alpha value is -2.86. The molecule has 0 aliphatic heterocycles. The summed E-state index contributed by atoms with van der Waals surface area (Å²) in [7, 11) is 0. The van der Waals surface area contributed by atoms with E-state index in [4.69, 9.17) is 13.9 Å². The van der Waals surface area contributed by atoms with Crippen molar-refractivity contribution in [1.29, 1.82) is 0 Å². The molecule has 3 rings (SSSR count). The Balaban J connectivity index is 2.21. The predicted octanol–water partition coefficient (Wildman–Crippen LogP) is 5.35. The molecule has 0 unspecified atom stereocenters. The Labute approximate surface area is 170 Å². The van der Waals surface area contributed by atoms with Gasteiger partial charge in [0.25, 0.3) is 0 Å². The first-order chi connectivity index (χ1) is 13.4. The minimum atomic E-state index is -0.687. The summed E-state index contributed by atoms with van der Waals surface area (Å²) in [4.78, 5) is 25.7. The molecule has 144 valence electrons. The Kier molecular flexibility index (Phi) is 5.99. The van der Waals surface area contributed by atoms with Crippen molar-refractivity contribution in [1.82, 2.24) is 0 Å². The van der Waals surface area contributed by atoms with Gasteiger partial charge < -0.3 is 13.9 Å². The van der Waals surface area contributed by atoms with Crippen LogP contribution in [0.1, 0.15) is 24.4 Å². The number of benzene rings is 2. The van der Waals surface area contributed by atoms with Gasteiger partial charge in [-0.3, -0.25) is 4.79 Å². The fraction of sp³-hybridized carbons (Fsp3) is 0.182. The fourth-order valence-electron chi connectivity index (χ4n) is 2.69. The molecule has 0 radical (unpaired) electrons. The van der Waals surface area contributed by atoms with Crippen LogP contribution in [0, 0.1) is 0 Å². The summed E-state index contributed by atoms with van der Waals surface area (Å²) < 4.78 is 17.4. The lowest BCUT2D eigenvalue weighted by molar-refractivity contribution is 0.0492. The summed E-state index contributed by atoms with van der Waals surface area (Å²) in [5.41, 5.74) is 1.56. The zero-order chi connectivity index (χ0) is 20.3. The summed E-state index contributed by atoms with van der Waals surface area (Å²) in [6.45, 7) is 7.85. The number of halogens is 1. The van der Waals surface area contributed by atoms with E-state index in [2.05, 4.69) is 22.5 Å². The van der Waals surface area contributed by atoms with Crippen molar-refractivity contribution in [2.45, 2.75) is 13.8 Å². The van der Waals surface area contributed by atoms with E-state index in [0.29, 0.717) is 23.3 Å². The molecular weight excluding hydrogens is 424 g/mol. The lowest BCUT2D eigenvalue weighted by Gasteiger charge is -2.11. The fourth-order valence-corrected chi connectivity index (χ4v) is 2.95. The summed E-state index contributed by atoms with van der Waals surface area (Å²) in [6.07, 6.45) is 0. The van der Waals surface area contributed by atoms with Crippen molar-refractivity contribution in [2.75, 3.05) is 13.2 Å². The molecule has 6 heteroatoms. The molecule has 0 bridgehead atoms. The first-order valence-electron chi connectivity index (χ1n) is 8.71. The topological polar surface area (TPSA) is 65.7 Å². The number of fused-ring (bicyclic) bond motifs is 1. The quantitative estimate of drug-likeness (QED) is 0.380. The second-order valence-corrected chi connectivity index (χ2v) is 7.18. The second-order valence-electron chi connectivity index (χ2n) is 6.27. The molecule has 1 aromatic heterocycles. The molecular formula is C22H19BrO5. The van der Waals surface area contributed by atoms with E-state index < -0.39 is 5.97 Å². The molecule has 0 aliphatic carbocycles. The average molecular weight is 443 g/mol. The molecule has 28 heavy (non-hydrogen) atoms. The second kappa shape index (κ2) is 8.44. The van der Waals surface area contributed by atoms with E-state index in [-0.39, 0.29) is 28.9 Å². The Morgan fingerprint density at radius 2 is 1.89 bits per heavy atom. The van der Waals surface area contributed by atoms with Gasteiger partial charge in [-0.2, -0.15) is 0 Å². The van der Waals surface area contributed by atoms with Gasteiger partial charge in [0.1, 0.15) is 17.9 Å². The van der Waals surface area contributed by atoms with Crippen LogP contribution in [-0.2, 0) is 4.74 Å². The van der Waals surface area contributed by atoms with E-state index >= 15 is 0 Å². The van der Waals surface area contributed by atoms with Crippen molar-refractivity contribution < 1.29 is 18.7 Å². The van der Waals surface area contributed by atoms with E-state index in [1.165, 1.54) is 0 Å². The van der Waals surface area contributed by atoms with Gasteiger partial charge >= 0.3 is 5.97 Å². The third-order valence-electron chi connectivity index (χ3n) is 3.94. The molecule has 0 atom stereocenters. The summed E-state index contributed by atoms with van der Waals surface area (Å²) in [5, 5.41) is 0.355. The van der Waals surface area contributed by atoms with Gasteiger partial charge in [-0.25, -0.2) is 4.79 Å². The van der Waals surface area contributed by atoms with Crippen LogP contribution in [0.15, 0.2) is 68.3 Å². The number of hydrogen-bond acceptors (Lipinski definition) is 5. The van der Waals surface area contributed by atoms with Crippen molar-refractivity contribution in [2.24, 2.45) is 0 Å². The van der Waals surface area contributed by atoms with Gasteiger partial charge in [0.2, 0.25) is 11.2 Å². The van der Waals surface area contributed by atoms with E-state index in [9.17, 15) is 9.59 Å². The van der Waals surface area contributed by atoms with Crippen LogP contribution in [0.25, 0.3) is 22.1 Å². The molecule has 3 aromatic rings. The number of ether oxygens (including phenoxy) is 2. The van der Waals surface area contributed by atoms with E-state index in [0.717, 1.165) is 10.0 Å². The molecule has 0 N–H and O–H groups in total. The van der Waals surface area contributed by atoms with E-state index in [1.807, 2.05) is 6.92 Å². The molecule has 0 saturated heterocycles. The molecule has 5 nitrogen and oxygen atoms in total. The zero-order valence-corrected chi connectivity index (χ0v) is 17.2. The monoisotopic (exact) mass is 442 g/mol. The smallest absolute Gasteiger partial charge is 0.375 e. The van der Waals surface area contributed by atoms with Gasteiger partial charge in [0, 0.05) is 10.5 Å². The van der Waals surface area contributed by atoms with Gasteiger partial charge in [-0.05, 0) is 49.2 Å². The van der Waals surface area contributed by atoms with E-state index in [1.54, 1.807) is 49.4 Å². The van der Waals surface area contributed by atoms with Crippen LogP contribution in [0.4, 0.5) is 0 Å². The van der Waals surface area contributed by atoms with Crippen LogP contribution in [0.2, 0.25) is 0 Å². The zero-order valence-electron chi connectivity index (χ0n) is 15.6. The molecule has 0 saturated carbocycles. The summed E-state index contributed by atoms with van der Waals surface area (Å²) in [6, 6.07) is 12.0. The standard InChI is InChI=1S/C22H19BrO5/c1-4-26-22(25)21-19(14-5-7-15(23)8-6-14)20(24)17-10-9-16(11-18(17)28-21)27-12-13(2)3/h5-11H,2,4,12H2,1,3H3. The lowest BCUT2D eigenvalue weighted by atomic mass is 10.0. The van der Waals surface area contributed by atoms with Crippen LogP contribution in [0.5, 0.6) is 5.75 Å². The minimum Gasteiger partial charge on any atom is -0.489 e. The molecule has 0 fully saturated rings. The molecule has 0 amide bonds. The van der Waals surface area contributed by atoms with Crippen molar-refractivity contribution in [3.8, 4) is 16.9 Å². The van der Waals surface area contributed by atoms with Gasteiger partial charge in [0.15, 0.2) is 0 Å². The number of hydrogen-bond donors (Lipinski definition) is 0. The highest BCUT2D eigenvalue weighted by atomic mass is 79.9. The Morgan fingerprint density at radius 3 is 2.54 bits per heavy atom.